The monoisotopic (exact) mass is 460 g/mol. The Labute approximate surface area is 199 Å². The molecule has 33 heavy (non-hydrogen) atoms. The maximum Gasteiger partial charge on any atom is 0.303 e. The smallest absolute Gasteiger partial charge is 0.303 e. The lowest BCUT2D eigenvalue weighted by Gasteiger charge is -2.18. The van der Waals surface area contributed by atoms with E-state index in [-0.39, 0.29) is 30.4 Å². The zero-order valence-corrected chi connectivity index (χ0v) is 21.5. The molecule has 4 nitrogen and oxygen atoms in total. The van der Waals surface area contributed by atoms with Crippen LogP contribution in [0, 0.1) is 11.7 Å². The van der Waals surface area contributed by atoms with Crippen LogP contribution in [0.2, 0.25) is 0 Å². The SMILES string of the molecule is CC.CC.CC.CC1(C)Cc2cc(F)cc(COc3ccc(C4CC4CC(=O)O)cc3)c2O1. The standard InChI is InChI=1S/C22H23FO4.3C2H6/c1-22(2)11-15-7-17(23)8-16(21(15)27-22)12-26-18-5-3-13(4-6-18)19-9-14(19)10-20(24)25;3*1-2/h3-8,14,19H,9-12H2,1-2H3,(H,24,25);3*1-2H3. The number of aliphatic carboxylic acids is 1. The fraction of sp³-hybridized carbons (Fsp3) is 0.536. The average Bonchev–Trinajstić information content (AvgIpc) is 3.48. The fourth-order valence-electron chi connectivity index (χ4n) is 3.93. The largest absolute Gasteiger partial charge is 0.489 e. The molecule has 1 aliphatic heterocycles. The average molecular weight is 461 g/mol. The van der Waals surface area contributed by atoms with Gasteiger partial charge in [0.25, 0.3) is 0 Å². The van der Waals surface area contributed by atoms with Crippen molar-refractivity contribution in [2.24, 2.45) is 5.92 Å². The summed E-state index contributed by atoms with van der Waals surface area (Å²) in [5.74, 6) is 0.983. The predicted molar refractivity (Wildman–Crippen MR) is 133 cm³/mol. The molecular weight excluding hydrogens is 419 g/mol. The molecule has 1 N–H and O–H groups in total. The molecule has 2 aromatic carbocycles. The highest BCUT2D eigenvalue weighted by Gasteiger charge is 2.39. The third kappa shape index (κ3) is 8.06. The van der Waals surface area contributed by atoms with E-state index in [1.54, 1.807) is 0 Å². The third-order valence-electron chi connectivity index (χ3n) is 5.26. The molecule has 0 amide bonds. The lowest BCUT2D eigenvalue weighted by Crippen LogP contribution is -2.25. The maximum absolute atomic E-state index is 13.9. The minimum Gasteiger partial charge on any atom is -0.489 e. The molecule has 1 saturated carbocycles. The van der Waals surface area contributed by atoms with Gasteiger partial charge < -0.3 is 14.6 Å². The van der Waals surface area contributed by atoms with Crippen molar-refractivity contribution in [3.05, 3.63) is 58.9 Å². The summed E-state index contributed by atoms with van der Waals surface area (Å²) in [6, 6.07) is 10.7. The number of hydrogen-bond donors (Lipinski definition) is 1. The van der Waals surface area contributed by atoms with Gasteiger partial charge in [-0.2, -0.15) is 0 Å². The molecule has 0 radical (unpaired) electrons. The van der Waals surface area contributed by atoms with E-state index in [0.717, 1.165) is 23.3 Å². The van der Waals surface area contributed by atoms with Gasteiger partial charge in [-0.15, -0.1) is 0 Å². The van der Waals surface area contributed by atoms with Crippen LogP contribution in [0.5, 0.6) is 11.5 Å². The van der Waals surface area contributed by atoms with Crippen molar-refractivity contribution in [2.45, 2.75) is 92.8 Å². The van der Waals surface area contributed by atoms with Gasteiger partial charge in [-0.3, -0.25) is 4.79 Å². The quantitative estimate of drug-likeness (QED) is 0.478. The molecule has 1 fully saturated rings. The molecule has 2 aliphatic rings. The summed E-state index contributed by atoms with van der Waals surface area (Å²) in [7, 11) is 0. The van der Waals surface area contributed by atoms with Gasteiger partial charge in [0, 0.05) is 24.0 Å². The van der Waals surface area contributed by atoms with E-state index < -0.39 is 5.97 Å². The van der Waals surface area contributed by atoms with Crippen molar-refractivity contribution in [1.82, 2.24) is 0 Å². The van der Waals surface area contributed by atoms with Crippen LogP contribution < -0.4 is 9.47 Å². The van der Waals surface area contributed by atoms with Crippen molar-refractivity contribution in [3.63, 3.8) is 0 Å². The molecule has 4 rings (SSSR count). The van der Waals surface area contributed by atoms with Crippen LogP contribution in [0.25, 0.3) is 0 Å². The summed E-state index contributed by atoms with van der Waals surface area (Å²) in [6.07, 6.45) is 1.83. The number of carboxylic acids is 1. The van der Waals surface area contributed by atoms with Crippen LogP contribution in [0.1, 0.15) is 90.8 Å². The van der Waals surface area contributed by atoms with Gasteiger partial charge in [-0.1, -0.05) is 53.7 Å². The van der Waals surface area contributed by atoms with Crippen LogP contribution in [0.4, 0.5) is 4.39 Å². The van der Waals surface area contributed by atoms with Gasteiger partial charge in [-0.05, 0) is 61.9 Å². The fourth-order valence-corrected chi connectivity index (χ4v) is 3.93. The van der Waals surface area contributed by atoms with Crippen LogP contribution >= 0.6 is 0 Å². The second-order valence-electron chi connectivity index (χ2n) is 8.15. The molecule has 0 spiro atoms. The molecule has 0 bridgehead atoms. The summed E-state index contributed by atoms with van der Waals surface area (Å²) in [4.78, 5) is 10.8. The van der Waals surface area contributed by atoms with Gasteiger partial charge in [0.05, 0.1) is 0 Å². The minimum atomic E-state index is -0.740. The number of halogens is 1. The Bertz CT molecular complexity index is 874. The highest BCUT2D eigenvalue weighted by molar-refractivity contribution is 5.67. The molecular formula is C28H41FO4. The lowest BCUT2D eigenvalue weighted by atomic mass is 10.0. The maximum atomic E-state index is 13.9. The zero-order valence-electron chi connectivity index (χ0n) is 21.5. The highest BCUT2D eigenvalue weighted by Crippen LogP contribution is 2.49. The van der Waals surface area contributed by atoms with Crippen molar-refractivity contribution < 1.29 is 23.8 Å². The van der Waals surface area contributed by atoms with Crippen LogP contribution in [-0.4, -0.2) is 16.7 Å². The molecule has 0 aromatic heterocycles. The molecule has 5 heteroatoms. The normalized spacial score (nSPS) is 18.6. The number of fused-ring (bicyclic) bond motifs is 1. The first-order valence-corrected chi connectivity index (χ1v) is 12.3. The van der Waals surface area contributed by atoms with E-state index in [1.807, 2.05) is 79.7 Å². The predicted octanol–water partition coefficient (Wildman–Crippen LogP) is 7.78. The Hall–Kier alpha value is -2.56. The van der Waals surface area contributed by atoms with E-state index in [1.165, 1.54) is 12.1 Å². The van der Waals surface area contributed by atoms with Gasteiger partial charge in [-0.25, -0.2) is 4.39 Å². The van der Waals surface area contributed by atoms with Crippen LogP contribution in [-0.2, 0) is 17.8 Å². The van der Waals surface area contributed by atoms with Gasteiger partial charge >= 0.3 is 5.97 Å². The van der Waals surface area contributed by atoms with E-state index in [4.69, 9.17) is 14.6 Å². The molecule has 1 aliphatic carbocycles. The topological polar surface area (TPSA) is 55.8 Å². The number of carboxylic acid groups (broad SMARTS) is 1. The number of rotatable bonds is 6. The summed E-state index contributed by atoms with van der Waals surface area (Å²) >= 11 is 0. The lowest BCUT2D eigenvalue weighted by molar-refractivity contribution is -0.137. The summed E-state index contributed by atoms with van der Waals surface area (Å²) in [6.45, 7) is 16.2. The molecule has 2 atom stereocenters. The summed E-state index contributed by atoms with van der Waals surface area (Å²) in [5, 5.41) is 8.87. The Kier molecular flexibility index (Phi) is 11.4. The van der Waals surface area contributed by atoms with Crippen molar-refractivity contribution in [1.29, 1.82) is 0 Å². The van der Waals surface area contributed by atoms with Crippen molar-refractivity contribution in [2.75, 3.05) is 0 Å². The molecule has 2 unspecified atom stereocenters. The molecule has 2 aromatic rings. The first kappa shape index (κ1) is 28.5. The van der Waals surface area contributed by atoms with E-state index in [2.05, 4.69) is 0 Å². The van der Waals surface area contributed by atoms with Crippen LogP contribution in [0.15, 0.2) is 36.4 Å². The number of carbonyl (C=O) groups is 1. The third-order valence-corrected chi connectivity index (χ3v) is 5.26. The first-order valence-electron chi connectivity index (χ1n) is 12.3. The molecule has 1 heterocycles. The summed E-state index contributed by atoms with van der Waals surface area (Å²) < 4.78 is 25.7. The second kappa shape index (κ2) is 13.2. The van der Waals surface area contributed by atoms with Crippen molar-refractivity contribution in [3.8, 4) is 11.5 Å². The Morgan fingerprint density at radius 3 is 2.27 bits per heavy atom. The highest BCUT2D eigenvalue weighted by atomic mass is 19.1. The Morgan fingerprint density at radius 1 is 1.09 bits per heavy atom. The number of hydrogen-bond acceptors (Lipinski definition) is 3. The van der Waals surface area contributed by atoms with Gasteiger partial charge in [0.1, 0.15) is 29.5 Å². The van der Waals surface area contributed by atoms with E-state index >= 15 is 0 Å². The minimum absolute atomic E-state index is 0.226. The molecule has 0 saturated heterocycles. The first-order chi connectivity index (χ1) is 15.8. The Morgan fingerprint density at radius 2 is 1.70 bits per heavy atom. The van der Waals surface area contributed by atoms with Gasteiger partial charge in [0.15, 0.2) is 0 Å². The molecule has 184 valence electrons. The summed E-state index contributed by atoms with van der Waals surface area (Å²) in [5.41, 5.74) is 2.41. The number of ether oxygens (including phenoxy) is 2. The van der Waals surface area contributed by atoms with Crippen LogP contribution in [0.3, 0.4) is 0 Å². The second-order valence-corrected chi connectivity index (χ2v) is 8.15. The Balaban J connectivity index is 0.000000841. The van der Waals surface area contributed by atoms with E-state index in [0.29, 0.717) is 23.7 Å². The van der Waals surface area contributed by atoms with Gasteiger partial charge in [0.2, 0.25) is 0 Å². The number of benzene rings is 2. The van der Waals surface area contributed by atoms with Crippen molar-refractivity contribution >= 4 is 5.97 Å². The van der Waals surface area contributed by atoms with E-state index in [9.17, 15) is 9.18 Å². The zero-order chi connectivity index (χ0) is 25.2.